The van der Waals surface area contributed by atoms with Crippen molar-refractivity contribution in [2.24, 2.45) is 0 Å². The van der Waals surface area contributed by atoms with Crippen LogP contribution < -0.4 is 10.2 Å². The van der Waals surface area contributed by atoms with Crippen molar-refractivity contribution in [3.8, 4) is 0 Å². The molecule has 0 aromatic heterocycles. The van der Waals surface area contributed by atoms with Crippen LogP contribution in [0.1, 0.15) is 18.4 Å². The van der Waals surface area contributed by atoms with Gasteiger partial charge in [-0.05, 0) is 49.6 Å². The molecule has 1 aliphatic heterocycles. The summed E-state index contributed by atoms with van der Waals surface area (Å²) in [7, 11) is -3.68. The van der Waals surface area contributed by atoms with Crippen LogP contribution in [-0.2, 0) is 9.84 Å². The molecule has 0 atom stereocenters. The highest BCUT2D eigenvalue weighted by molar-refractivity contribution is 7.90. The van der Waals surface area contributed by atoms with E-state index in [0.717, 1.165) is 24.8 Å². The zero-order valence-electron chi connectivity index (χ0n) is 15.4. The molecule has 0 saturated carbocycles. The Bertz CT molecular complexity index is 951. The molecule has 2 aromatic rings. The Hall–Kier alpha value is -2.61. The highest BCUT2D eigenvalue weighted by Crippen LogP contribution is 2.36. The number of hydrogen-bond donors (Lipinski definition) is 1. The molecule has 1 heterocycles. The molecule has 1 saturated heterocycles. The molecule has 0 unspecified atom stereocenters. The Kier molecular flexibility index (Phi) is 5.36. The van der Waals surface area contributed by atoms with E-state index < -0.39 is 14.8 Å². The number of sulfone groups is 1. The highest BCUT2D eigenvalue weighted by Gasteiger charge is 2.30. The van der Waals surface area contributed by atoms with Crippen LogP contribution in [0.5, 0.6) is 0 Å². The zero-order valence-corrected chi connectivity index (χ0v) is 16.2. The van der Waals surface area contributed by atoms with Gasteiger partial charge in [0.15, 0.2) is 9.84 Å². The monoisotopic (exact) mass is 389 g/mol. The summed E-state index contributed by atoms with van der Waals surface area (Å²) in [5.74, 6) is 0. The number of para-hydroxylation sites is 1. The van der Waals surface area contributed by atoms with Gasteiger partial charge in [-0.25, -0.2) is 8.42 Å². The maximum absolute atomic E-state index is 11.9. The van der Waals surface area contributed by atoms with E-state index >= 15 is 0 Å². The lowest BCUT2D eigenvalue weighted by Crippen LogP contribution is -2.39. The molecule has 8 heteroatoms. The van der Waals surface area contributed by atoms with Crippen molar-refractivity contribution in [2.75, 3.05) is 29.6 Å². The molecule has 0 amide bonds. The Labute approximate surface area is 159 Å². The quantitative estimate of drug-likeness (QED) is 0.622. The topological polar surface area (TPSA) is 92.6 Å². The second-order valence-electron chi connectivity index (χ2n) is 6.93. The third-order valence-corrected chi connectivity index (χ3v) is 5.91. The number of nitro benzene ring substituents is 1. The van der Waals surface area contributed by atoms with Crippen LogP contribution in [0.25, 0.3) is 0 Å². The van der Waals surface area contributed by atoms with Gasteiger partial charge in [-0.3, -0.25) is 10.1 Å². The number of nitro groups is 1. The average molecular weight is 389 g/mol. The third-order valence-electron chi connectivity index (χ3n) is 4.78. The first kappa shape index (κ1) is 19.2. The van der Waals surface area contributed by atoms with Gasteiger partial charge in [0, 0.05) is 31.1 Å². The molecule has 0 spiro atoms. The van der Waals surface area contributed by atoms with E-state index in [1.54, 1.807) is 12.1 Å². The number of rotatable bonds is 5. The number of piperidine rings is 1. The predicted octanol–water partition coefficient (Wildman–Crippen LogP) is 3.39. The maximum atomic E-state index is 11.9. The summed E-state index contributed by atoms with van der Waals surface area (Å²) in [6.07, 6.45) is 2.62. The van der Waals surface area contributed by atoms with Crippen molar-refractivity contribution in [1.82, 2.24) is 0 Å². The Morgan fingerprint density at radius 2 is 1.81 bits per heavy atom. The summed E-state index contributed by atoms with van der Waals surface area (Å²) < 4.78 is 23.9. The Morgan fingerprint density at radius 1 is 1.15 bits per heavy atom. The van der Waals surface area contributed by atoms with Crippen LogP contribution in [0, 0.1) is 17.0 Å². The molecular weight excluding hydrogens is 366 g/mol. The van der Waals surface area contributed by atoms with E-state index in [-0.39, 0.29) is 16.6 Å². The van der Waals surface area contributed by atoms with Gasteiger partial charge in [0.25, 0.3) is 0 Å². The van der Waals surface area contributed by atoms with E-state index in [9.17, 15) is 18.5 Å². The lowest BCUT2D eigenvalue weighted by Gasteiger charge is -2.34. The van der Waals surface area contributed by atoms with Gasteiger partial charge >= 0.3 is 5.69 Å². The summed E-state index contributed by atoms with van der Waals surface area (Å²) >= 11 is 0. The van der Waals surface area contributed by atoms with E-state index in [4.69, 9.17) is 0 Å². The molecular formula is C19H23N3O4S. The summed E-state index contributed by atoms with van der Waals surface area (Å²) in [6.45, 7) is 3.29. The van der Waals surface area contributed by atoms with Gasteiger partial charge in [0.2, 0.25) is 0 Å². The zero-order chi connectivity index (χ0) is 19.6. The number of aryl methyl sites for hydroxylation is 1. The van der Waals surface area contributed by atoms with Crippen LogP contribution in [0.4, 0.5) is 17.1 Å². The van der Waals surface area contributed by atoms with Crippen molar-refractivity contribution < 1.29 is 13.3 Å². The van der Waals surface area contributed by atoms with Crippen LogP contribution in [0.3, 0.4) is 0 Å². The highest BCUT2D eigenvalue weighted by atomic mass is 32.2. The summed E-state index contributed by atoms with van der Waals surface area (Å²) in [5.41, 5.74) is 2.30. The molecule has 1 fully saturated rings. The van der Waals surface area contributed by atoms with E-state index in [0.29, 0.717) is 18.8 Å². The van der Waals surface area contributed by atoms with Crippen molar-refractivity contribution in [1.29, 1.82) is 0 Å². The Balaban J connectivity index is 1.77. The molecule has 1 aliphatic rings. The number of nitrogens with zero attached hydrogens (tertiary/aromatic N) is 2. The fraction of sp³-hybridized carbons (Fsp3) is 0.368. The van der Waals surface area contributed by atoms with Crippen LogP contribution >= 0.6 is 0 Å². The minimum atomic E-state index is -3.68. The standard InChI is InChI=1S/C19H23N3O4S/c1-14-5-3-6-16(13-14)20-15-9-11-21(12-10-15)17-7-4-8-18(27(2,25)26)19(17)22(23)24/h3-8,13,15,20H,9-12H2,1-2H3. The van der Waals surface area contributed by atoms with Crippen LogP contribution in [0.2, 0.25) is 0 Å². The molecule has 1 N–H and O–H groups in total. The number of anilines is 2. The third kappa shape index (κ3) is 4.39. The first-order chi connectivity index (χ1) is 12.8. The molecule has 7 nitrogen and oxygen atoms in total. The first-order valence-corrected chi connectivity index (χ1v) is 10.7. The predicted molar refractivity (Wildman–Crippen MR) is 106 cm³/mol. The van der Waals surface area contributed by atoms with Gasteiger partial charge in [-0.15, -0.1) is 0 Å². The van der Waals surface area contributed by atoms with Gasteiger partial charge in [-0.1, -0.05) is 18.2 Å². The summed E-state index contributed by atoms with van der Waals surface area (Å²) in [6, 6.07) is 12.9. The van der Waals surface area contributed by atoms with Crippen molar-refractivity contribution in [3.05, 3.63) is 58.1 Å². The first-order valence-electron chi connectivity index (χ1n) is 8.81. The normalized spacial score (nSPS) is 15.6. The van der Waals surface area contributed by atoms with Gasteiger partial charge < -0.3 is 10.2 Å². The molecule has 27 heavy (non-hydrogen) atoms. The van der Waals surface area contributed by atoms with E-state index in [2.05, 4.69) is 11.4 Å². The smallest absolute Gasteiger partial charge is 0.311 e. The van der Waals surface area contributed by atoms with Gasteiger partial charge in [0.05, 0.1) is 4.92 Å². The molecule has 0 aliphatic carbocycles. The van der Waals surface area contributed by atoms with Gasteiger partial charge in [0.1, 0.15) is 10.6 Å². The molecule has 144 valence electrons. The fourth-order valence-electron chi connectivity index (χ4n) is 3.48. The fourth-order valence-corrected chi connectivity index (χ4v) is 4.34. The summed E-state index contributed by atoms with van der Waals surface area (Å²) in [5, 5.41) is 15.1. The minimum absolute atomic E-state index is 0.231. The van der Waals surface area contributed by atoms with Crippen LogP contribution in [0.15, 0.2) is 47.4 Å². The number of benzene rings is 2. The lowest BCUT2D eigenvalue weighted by molar-refractivity contribution is -0.387. The lowest BCUT2D eigenvalue weighted by atomic mass is 10.0. The van der Waals surface area contributed by atoms with E-state index in [1.165, 1.54) is 11.6 Å². The SMILES string of the molecule is Cc1cccc(NC2CCN(c3cccc(S(C)(=O)=O)c3[N+](=O)[O-])CC2)c1. The molecule has 0 radical (unpaired) electrons. The van der Waals surface area contributed by atoms with Gasteiger partial charge in [-0.2, -0.15) is 0 Å². The number of hydrogen-bond acceptors (Lipinski definition) is 6. The second kappa shape index (κ2) is 7.56. The maximum Gasteiger partial charge on any atom is 0.311 e. The van der Waals surface area contributed by atoms with Crippen molar-refractivity contribution in [3.63, 3.8) is 0 Å². The summed E-state index contributed by atoms with van der Waals surface area (Å²) in [4.78, 5) is 12.6. The molecule has 2 aromatic carbocycles. The second-order valence-corrected chi connectivity index (χ2v) is 8.91. The number of nitrogens with one attached hydrogen (secondary N) is 1. The van der Waals surface area contributed by atoms with Crippen molar-refractivity contribution in [2.45, 2.75) is 30.7 Å². The minimum Gasteiger partial charge on any atom is -0.382 e. The van der Waals surface area contributed by atoms with Crippen molar-refractivity contribution >= 4 is 26.9 Å². The molecule has 0 bridgehead atoms. The van der Waals surface area contributed by atoms with Crippen LogP contribution in [-0.4, -0.2) is 38.7 Å². The molecule has 3 rings (SSSR count). The Morgan fingerprint density at radius 3 is 2.41 bits per heavy atom. The average Bonchev–Trinajstić information content (AvgIpc) is 2.61. The van der Waals surface area contributed by atoms with E-state index in [1.807, 2.05) is 30.0 Å². The largest absolute Gasteiger partial charge is 0.382 e.